The van der Waals surface area contributed by atoms with Crippen molar-refractivity contribution in [3.05, 3.63) is 36.5 Å². The van der Waals surface area contributed by atoms with Crippen molar-refractivity contribution in [3.63, 3.8) is 0 Å². The minimum absolute atomic E-state index is 0.419. The standard InChI is InChI=1S/C9H10O2S/c1-9-6-3-2-4-8(5-7-9)12(9,10)11/h2-8H,1H3/t8-,9-/m0/s1. The van der Waals surface area contributed by atoms with E-state index in [1.165, 1.54) is 0 Å². The van der Waals surface area contributed by atoms with Crippen LogP contribution in [0.4, 0.5) is 0 Å². The highest BCUT2D eigenvalue weighted by Crippen LogP contribution is 2.34. The molecule has 2 aliphatic heterocycles. The Morgan fingerprint density at radius 3 is 2.67 bits per heavy atom. The fourth-order valence-corrected chi connectivity index (χ4v) is 3.22. The van der Waals surface area contributed by atoms with Gasteiger partial charge < -0.3 is 0 Å². The fourth-order valence-electron chi connectivity index (χ4n) is 1.52. The molecular weight excluding hydrogens is 172 g/mol. The van der Waals surface area contributed by atoms with E-state index in [1.54, 1.807) is 43.4 Å². The molecule has 0 N–H and O–H groups in total. The molecule has 0 aromatic carbocycles. The Kier molecular flexibility index (Phi) is 1.37. The SMILES string of the molecule is C[C@]12C=CC=C[C@@H](C=C1)S2(=O)=O. The third kappa shape index (κ3) is 0.771. The second-order valence-corrected chi connectivity index (χ2v) is 5.81. The maximum absolute atomic E-state index is 11.8. The summed E-state index contributed by atoms with van der Waals surface area (Å²) in [6.07, 6.45) is 10.5. The van der Waals surface area contributed by atoms with Gasteiger partial charge in [-0.3, -0.25) is 0 Å². The molecule has 2 atom stereocenters. The molecule has 0 radical (unpaired) electrons. The Bertz CT molecular complexity index is 387. The highest BCUT2D eigenvalue weighted by atomic mass is 32.2. The summed E-state index contributed by atoms with van der Waals surface area (Å²) < 4.78 is 22.7. The van der Waals surface area contributed by atoms with Crippen LogP contribution in [0.25, 0.3) is 0 Å². The van der Waals surface area contributed by atoms with Crippen LogP contribution in [0.3, 0.4) is 0 Å². The van der Waals surface area contributed by atoms with E-state index in [1.807, 2.05) is 0 Å². The van der Waals surface area contributed by atoms with Crippen LogP contribution >= 0.6 is 0 Å². The minimum atomic E-state index is -3.05. The largest absolute Gasteiger partial charge is 0.227 e. The van der Waals surface area contributed by atoms with E-state index < -0.39 is 19.8 Å². The molecule has 12 heavy (non-hydrogen) atoms. The van der Waals surface area contributed by atoms with E-state index in [0.717, 1.165) is 0 Å². The second kappa shape index (κ2) is 2.10. The lowest BCUT2D eigenvalue weighted by Crippen LogP contribution is -2.31. The second-order valence-electron chi connectivity index (χ2n) is 3.30. The summed E-state index contributed by atoms with van der Waals surface area (Å²) in [7, 11) is -3.05. The molecular formula is C9H10O2S. The van der Waals surface area contributed by atoms with Gasteiger partial charge in [-0.1, -0.05) is 36.5 Å². The molecule has 0 spiro atoms. The van der Waals surface area contributed by atoms with Crippen LogP contribution < -0.4 is 0 Å². The molecule has 3 heteroatoms. The lowest BCUT2D eigenvalue weighted by atomic mass is 10.1. The normalized spacial score (nSPS) is 41.6. The third-order valence-corrected chi connectivity index (χ3v) is 4.96. The highest BCUT2D eigenvalue weighted by Gasteiger charge is 2.43. The minimum Gasteiger partial charge on any atom is -0.227 e. The van der Waals surface area contributed by atoms with Gasteiger partial charge in [-0.05, 0) is 6.92 Å². The van der Waals surface area contributed by atoms with Crippen LogP contribution in [0.5, 0.6) is 0 Å². The summed E-state index contributed by atoms with van der Waals surface area (Å²) in [6.45, 7) is 1.72. The zero-order chi connectivity index (χ0) is 8.82. The molecule has 0 saturated carbocycles. The van der Waals surface area contributed by atoms with Crippen LogP contribution in [0, 0.1) is 0 Å². The number of hydrogen-bond acceptors (Lipinski definition) is 2. The summed E-state index contributed by atoms with van der Waals surface area (Å²) >= 11 is 0. The quantitative estimate of drug-likeness (QED) is 0.528. The lowest BCUT2D eigenvalue weighted by Gasteiger charge is -2.17. The fraction of sp³-hybridized carbons (Fsp3) is 0.333. The van der Waals surface area contributed by atoms with E-state index in [9.17, 15) is 8.42 Å². The number of fused-ring (bicyclic) bond motifs is 2. The Balaban J connectivity index is 2.70. The molecule has 2 aliphatic rings. The third-order valence-electron chi connectivity index (χ3n) is 2.43. The van der Waals surface area contributed by atoms with Crippen molar-refractivity contribution in [3.8, 4) is 0 Å². The predicted molar refractivity (Wildman–Crippen MR) is 48.5 cm³/mol. The van der Waals surface area contributed by atoms with Crippen molar-refractivity contribution in [2.24, 2.45) is 0 Å². The van der Waals surface area contributed by atoms with Crippen molar-refractivity contribution < 1.29 is 8.42 Å². The van der Waals surface area contributed by atoms with E-state index in [2.05, 4.69) is 0 Å². The van der Waals surface area contributed by atoms with Crippen LogP contribution in [0.1, 0.15) is 6.92 Å². The number of allylic oxidation sites excluding steroid dienone is 2. The van der Waals surface area contributed by atoms with E-state index >= 15 is 0 Å². The van der Waals surface area contributed by atoms with Gasteiger partial charge in [-0.25, -0.2) is 8.42 Å². The molecule has 0 aliphatic carbocycles. The van der Waals surface area contributed by atoms with Gasteiger partial charge in [0, 0.05) is 0 Å². The molecule has 0 fully saturated rings. The van der Waals surface area contributed by atoms with Crippen LogP contribution in [0.15, 0.2) is 36.5 Å². The Morgan fingerprint density at radius 2 is 1.92 bits per heavy atom. The average Bonchev–Trinajstić information content (AvgIpc) is 2.09. The van der Waals surface area contributed by atoms with Crippen LogP contribution in [-0.2, 0) is 9.84 Å². The Labute approximate surface area is 72.2 Å². The molecule has 64 valence electrons. The number of hydrogen-bond donors (Lipinski definition) is 0. The first-order valence-electron chi connectivity index (χ1n) is 3.85. The van der Waals surface area contributed by atoms with Crippen LogP contribution in [0.2, 0.25) is 0 Å². The van der Waals surface area contributed by atoms with Gasteiger partial charge in [-0.2, -0.15) is 0 Å². The van der Waals surface area contributed by atoms with Crippen molar-refractivity contribution in [1.82, 2.24) is 0 Å². The predicted octanol–water partition coefficient (Wildman–Crippen LogP) is 1.22. The summed E-state index contributed by atoms with van der Waals surface area (Å²) in [4.78, 5) is 0. The topological polar surface area (TPSA) is 34.1 Å². The molecule has 0 aromatic rings. The van der Waals surface area contributed by atoms with Crippen molar-refractivity contribution >= 4 is 9.84 Å². The van der Waals surface area contributed by atoms with E-state index in [-0.39, 0.29) is 0 Å². The molecule has 0 amide bonds. The molecule has 0 aromatic heterocycles. The van der Waals surface area contributed by atoms with Gasteiger partial charge in [-0.15, -0.1) is 0 Å². The molecule has 0 unspecified atom stereocenters. The summed E-state index contributed by atoms with van der Waals surface area (Å²) in [6, 6.07) is 0. The molecule has 2 bridgehead atoms. The average molecular weight is 182 g/mol. The van der Waals surface area contributed by atoms with Gasteiger partial charge >= 0.3 is 0 Å². The first kappa shape index (κ1) is 7.80. The van der Waals surface area contributed by atoms with Gasteiger partial charge in [0.05, 0.1) is 5.25 Å². The van der Waals surface area contributed by atoms with E-state index in [0.29, 0.717) is 0 Å². The van der Waals surface area contributed by atoms with E-state index in [4.69, 9.17) is 0 Å². The summed E-state index contributed by atoms with van der Waals surface area (Å²) in [5, 5.41) is -0.419. The highest BCUT2D eigenvalue weighted by molar-refractivity contribution is 7.94. The number of sulfone groups is 1. The van der Waals surface area contributed by atoms with Gasteiger partial charge in [0.15, 0.2) is 9.84 Å². The zero-order valence-corrected chi connectivity index (χ0v) is 7.58. The van der Waals surface area contributed by atoms with Crippen molar-refractivity contribution in [1.29, 1.82) is 0 Å². The maximum atomic E-state index is 11.8. The smallest absolute Gasteiger partial charge is 0.172 e. The molecule has 0 saturated heterocycles. The molecule has 2 heterocycles. The first-order chi connectivity index (χ1) is 5.56. The molecule has 2 rings (SSSR count). The summed E-state index contributed by atoms with van der Waals surface area (Å²) in [5.41, 5.74) is 0. The van der Waals surface area contributed by atoms with Crippen LogP contribution in [-0.4, -0.2) is 18.4 Å². The lowest BCUT2D eigenvalue weighted by molar-refractivity contribution is 0.583. The summed E-state index contributed by atoms with van der Waals surface area (Å²) in [5.74, 6) is 0. The Morgan fingerprint density at radius 1 is 1.17 bits per heavy atom. The first-order valence-corrected chi connectivity index (χ1v) is 5.40. The monoisotopic (exact) mass is 182 g/mol. The maximum Gasteiger partial charge on any atom is 0.172 e. The zero-order valence-electron chi connectivity index (χ0n) is 6.77. The number of rotatable bonds is 0. The van der Waals surface area contributed by atoms with Gasteiger partial charge in [0.1, 0.15) is 4.75 Å². The van der Waals surface area contributed by atoms with Crippen molar-refractivity contribution in [2.45, 2.75) is 16.9 Å². The molecule has 2 nitrogen and oxygen atoms in total. The Hall–Kier alpha value is -0.830. The van der Waals surface area contributed by atoms with Crippen molar-refractivity contribution in [2.75, 3.05) is 0 Å². The van der Waals surface area contributed by atoms with Gasteiger partial charge in [0.2, 0.25) is 0 Å². The van der Waals surface area contributed by atoms with Gasteiger partial charge in [0.25, 0.3) is 0 Å².